The van der Waals surface area contributed by atoms with Gasteiger partial charge in [0, 0.05) is 35.4 Å². The van der Waals surface area contributed by atoms with E-state index in [4.69, 9.17) is 9.47 Å². The molecule has 0 saturated heterocycles. The van der Waals surface area contributed by atoms with E-state index in [9.17, 15) is 14.9 Å². The largest absolute Gasteiger partial charge is 0.497 e. The van der Waals surface area contributed by atoms with Gasteiger partial charge in [0.1, 0.15) is 17.4 Å². The summed E-state index contributed by atoms with van der Waals surface area (Å²) in [5.41, 5.74) is 2.70. The van der Waals surface area contributed by atoms with Gasteiger partial charge < -0.3 is 19.8 Å². The molecule has 0 aliphatic rings. The zero-order valence-electron chi connectivity index (χ0n) is 14.9. The van der Waals surface area contributed by atoms with E-state index < -0.39 is 11.0 Å². The van der Waals surface area contributed by atoms with Crippen LogP contribution in [0, 0.1) is 10.1 Å². The molecule has 8 heteroatoms. The molecule has 27 heavy (non-hydrogen) atoms. The molecule has 0 radical (unpaired) electrons. The number of nitrogens with zero attached hydrogens (tertiary/aromatic N) is 1. The van der Waals surface area contributed by atoms with Crippen molar-refractivity contribution in [3.05, 3.63) is 63.8 Å². The van der Waals surface area contributed by atoms with Crippen molar-refractivity contribution in [1.82, 2.24) is 4.98 Å². The van der Waals surface area contributed by atoms with E-state index >= 15 is 0 Å². The van der Waals surface area contributed by atoms with Crippen LogP contribution in [0.15, 0.2) is 42.6 Å². The first kappa shape index (κ1) is 18.2. The molecule has 1 atom stereocenters. The number of benzene rings is 2. The number of aromatic nitrogens is 1. The molecular weight excluding hydrogens is 350 g/mol. The van der Waals surface area contributed by atoms with E-state index in [1.807, 2.05) is 24.3 Å². The Morgan fingerprint density at radius 2 is 2.15 bits per heavy atom. The number of H-pyrrole nitrogens is 1. The Morgan fingerprint density at radius 1 is 1.33 bits per heavy atom. The number of rotatable bonds is 8. The first-order valence-corrected chi connectivity index (χ1v) is 8.29. The van der Waals surface area contributed by atoms with Crippen LogP contribution in [0.25, 0.3) is 10.9 Å². The fraction of sp³-hybridized carbons (Fsp3) is 0.211. The van der Waals surface area contributed by atoms with Crippen LogP contribution in [-0.2, 0) is 16.1 Å². The van der Waals surface area contributed by atoms with Crippen molar-refractivity contribution in [2.45, 2.75) is 19.6 Å². The molecule has 3 aromatic rings. The maximum Gasteiger partial charge on any atom is 0.293 e. The number of carbonyl (C=O) groups excluding carboxylic acids is 1. The molecule has 2 N–H and O–H groups in total. The van der Waals surface area contributed by atoms with E-state index in [1.165, 1.54) is 6.07 Å². The zero-order valence-corrected chi connectivity index (χ0v) is 14.9. The van der Waals surface area contributed by atoms with Gasteiger partial charge in [-0.05, 0) is 30.7 Å². The van der Waals surface area contributed by atoms with Crippen LogP contribution in [-0.4, -0.2) is 23.5 Å². The van der Waals surface area contributed by atoms with Crippen molar-refractivity contribution in [3.8, 4) is 5.75 Å². The van der Waals surface area contributed by atoms with Gasteiger partial charge >= 0.3 is 0 Å². The minimum atomic E-state index is -0.546. The van der Waals surface area contributed by atoms with Crippen molar-refractivity contribution in [1.29, 1.82) is 0 Å². The van der Waals surface area contributed by atoms with Crippen molar-refractivity contribution in [2.75, 3.05) is 12.4 Å². The van der Waals surface area contributed by atoms with Gasteiger partial charge in [-0.25, -0.2) is 0 Å². The monoisotopic (exact) mass is 369 g/mol. The number of nitro benzene ring substituents is 1. The lowest BCUT2D eigenvalue weighted by molar-refractivity contribution is -0.383. The van der Waals surface area contributed by atoms with Gasteiger partial charge in [0.2, 0.25) is 0 Å². The van der Waals surface area contributed by atoms with Gasteiger partial charge in [0.25, 0.3) is 12.2 Å². The lowest BCUT2D eigenvalue weighted by Gasteiger charge is -2.13. The number of carbonyl (C=O) groups is 1. The van der Waals surface area contributed by atoms with Crippen molar-refractivity contribution < 1.29 is 19.2 Å². The molecule has 0 aliphatic carbocycles. The van der Waals surface area contributed by atoms with Crippen molar-refractivity contribution >= 4 is 28.7 Å². The highest BCUT2D eigenvalue weighted by Crippen LogP contribution is 2.37. The van der Waals surface area contributed by atoms with Gasteiger partial charge in [0.05, 0.1) is 12.0 Å². The topological polar surface area (TPSA) is 106 Å². The van der Waals surface area contributed by atoms with E-state index in [-0.39, 0.29) is 5.69 Å². The Hall–Kier alpha value is -3.55. The number of anilines is 1. The van der Waals surface area contributed by atoms with Crippen LogP contribution in [0.5, 0.6) is 5.75 Å². The van der Waals surface area contributed by atoms with Crippen molar-refractivity contribution in [3.63, 3.8) is 0 Å². The van der Waals surface area contributed by atoms with Crippen LogP contribution in [0.3, 0.4) is 0 Å². The number of nitro groups is 1. The molecule has 1 heterocycles. The lowest BCUT2D eigenvalue weighted by Crippen LogP contribution is -2.03. The van der Waals surface area contributed by atoms with E-state index in [2.05, 4.69) is 10.3 Å². The number of ether oxygens (including phenoxy) is 2. The summed E-state index contributed by atoms with van der Waals surface area (Å²) in [6, 6.07) is 10.7. The molecule has 0 bridgehead atoms. The zero-order chi connectivity index (χ0) is 19.4. The van der Waals surface area contributed by atoms with Gasteiger partial charge in [0.15, 0.2) is 0 Å². The Labute approximate surface area is 155 Å². The average Bonchev–Trinajstić information content (AvgIpc) is 3.11. The normalized spacial score (nSPS) is 11.8. The fourth-order valence-electron chi connectivity index (χ4n) is 3.02. The van der Waals surface area contributed by atoms with Gasteiger partial charge in [-0.3, -0.25) is 14.9 Å². The lowest BCUT2D eigenvalue weighted by atomic mass is 10.1. The van der Waals surface area contributed by atoms with E-state index in [1.54, 1.807) is 26.3 Å². The molecule has 8 nitrogen and oxygen atoms in total. The second-order valence-electron chi connectivity index (χ2n) is 5.96. The number of fused-ring (bicyclic) bond motifs is 1. The molecular formula is C19H19N3O5. The molecule has 1 unspecified atom stereocenters. The Bertz CT molecular complexity index is 983. The minimum Gasteiger partial charge on any atom is -0.497 e. The summed E-state index contributed by atoms with van der Waals surface area (Å²) in [5, 5.41) is 15.3. The summed E-state index contributed by atoms with van der Waals surface area (Å²) in [6.07, 6.45) is 1.08. The molecule has 1 aromatic heterocycles. The second-order valence-corrected chi connectivity index (χ2v) is 5.96. The summed E-state index contributed by atoms with van der Waals surface area (Å²) in [6.45, 7) is 2.57. The van der Waals surface area contributed by atoms with Crippen LogP contribution < -0.4 is 10.1 Å². The van der Waals surface area contributed by atoms with Crippen LogP contribution >= 0.6 is 0 Å². The van der Waals surface area contributed by atoms with Gasteiger partial charge in [-0.15, -0.1) is 0 Å². The molecule has 0 saturated carbocycles. The summed E-state index contributed by atoms with van der Waals surface area (Å²) in [5.74, 6) is 0.749. The highest BCUT2D eigenvalue weighted by atomic mass is 16.6. The predicted octanol–water partition coefficient (Wildman–Crippen LogP) is 3.93. The Balaban J connectivity index is 2.00. The summed E-state index contributed by atoms with van der Waals surface area (Å²) in [7, 11) is 1.60. The highest BCUT2D eigenvalue weighted by molar-refractivity contribution is 6.00. The first-order chi connectivity index (χ1) is 13.0. The Morgan fingerprint density at radius 3 is 2.85 bits per heavy atom. The third-order valence-electron chi connectivity index (χ3n) is 4.36. The molecule has 2 aromatic carbocycles. The van der Waals surface area contributed by atoms with Gasteiger partial charge in [-0.1, -0.05) is 12.1 Å². The molecule has 0 amide bonds. The SMILES string of the molecule is COc1cccc(CNc2ccc([N+](=O)[O-])c3[nH]cc(C(C)OC=O)c23)c1. The molecule has 3 rings (SSSR count). The quantitative estimate of drug-likeness (QED) is 0.354. The molecule has 0 spiro atoms. The smallest absolute Gasteiger partial charge is 0.293 e. The fourth-order valence-corrected chi connectivity index (χ4v) is 3.02. The van der Waals surface area contributed by atoms with Crippen LogP contribution in [0.4, 0.5) is 11.4 Å². The average molecular weight is 369 g/mol. The third kappa shape index (κ3) is 3.69. The summed E-state index contributed by atoms with van der Waals surface area (Å²) < 4.78 is 10.3. The number of methoxy groups -OCH3 is 1. The number of aromatic amines is 1. The molecule has 0 aliphatic heterocycles. The number of non-ortho nitro benzene ring substituents is 1. The summed E-state index contributed by atoms with van der Waals surface area (Å²) in [4.78, 5) is 24.5. The van der Waals surface area contributed by atoms with Crippen LogP contribution in [0.1, 0.15) is 24.2 Å². The minimum absolute atomic E-state index is 0.0403. The predicted molar refractivity (Wildman–Crippen MR) is 101 cm³/mol. The molecule has 140 valence electrons. The standard InChI is InChI=1S/C19H19N3O5/c1-12(27-11-23)15-10-21-19-17(22(24)25)7-6-16(18(15)19)20-9-13-4-3-5-14(8-13)26-2/h3-8,10-12,20-21H,9H2,1-2H3. The van der Waals surface area contributed by atoms with E-state index in [0.717, 1.165) is 11.3 Å². The third-order valence-corrected chi connectivity index (χ3v) is 4.36. The second kappa shape index (κ2) is 7.77. The number of hydrogen-bond donors (Lipinski definition) is 2. The summed E-state index contributed by atoms with van der Waals surface area (Å²) >= 11 is 0. The maximum absolute atomic E-state index is 11.3. The molecule has 0 fully saturated rings. The first-order valence-electron chi connectivity index (χ1n) is 8.29. The van der Waals surface area contributed by atoms with Crippen LogP contribution in [0.2, 0.25) is 0 Å². The maximum atomic E-state index is 11.3. The van der Waals surface area contributed by atoms with Gasteiger partial charge in [-0.2, -0.15) is 0 Å². The number of nitrogens with one attached hydrogen (secondary N) is 2. The van der Waals surface area contributed by atoms with E-state index in [0.29, 0.717) is 35.2 Å². The number of hydrogen-bond acceptors (Lipinski definition) is 6. The Kier molecular flexibility index (Phi) is 5.25. The highest BCUT2D eigenvalue weighted by Gasteiger charge is 2.22. The van der Waals surface area contributed by atoms with Crippen molar-refractivity contribution in [2.24, 2.45) is 0 Å².